The van der Waals surface area contributed by atoms with Crippen LogP contribution in [-0.4, -0.2) is 68.0 Å². The summed E-state index contributed by atoms with van der Waals surface area (Å²) in [7, 11) is 3.39. The molecular weight excluding hydrogens is 376 g/mol. The molecule has 1 atom stereocenters. The van der Waals surface area contributed by atoms with Crippen molar-refractivity contribution >= 4 is 6.08 Å². The highest BCUT2D eigenvalue weighted by atomic mass is 16.5. The summed E-state index contributed by atoms with van der Waals surface area (Å²) in [6.07, 6.45) is 5.18. The highest BCUT2D eigenvalue weighted by Crippen LogP contribution is 2.22. The van der Waals surface area contributed by atoms with E-state index in [-0.39, 0.29) is 6.61 Å². The molecule has 0 radical (unpaired) electrons. The molecule has 1 aliphatic rings. The van der Waals surface area contributed by atoms with Crippen LogP contribution in [0.1, 0.15) is 23.1 Å². The van der Waals surface area contributed by atoms with Gasteiger partial charge in [0.2, 0.25) is 0 Å². The Hall–Kier alpha value is -2.34. The maximum absolute atomic E-state index is 9.58. The zero-order valence-electron chi connectivity index (χ0n) is 18.4. The molecule has 5 heteroatoms. The lowest BCUT2D eigenvalue weighted by atomic mass is 10.1. The SMILES string of the molecule is COc1ccc(C=CCN2CCN(Cc3ccc(OC)c(C)c3)C(CCO)C2)cc1. The number of ether oxygens (including phenoxy) is 2. The van der Waals surface area contributed by atoms with Crippen LogP contribution in [0.4, 0.5) is 0 Å². The number of aliphatic hydroxyl groups is 1. The minimum atomic E-state index is 0.221. The Morgan fingerprint density at radius 3 is 2.53 bits per heavy atom. The Bertz CT molecular complexity index is 820. The molecule has 0 aromatic heterocycles. The Kier molecular flexibility index (Phi) is 8.31. The summed E-state index contributed by atoms with van der Waals surface area (Å²) in [6, 6.07) is 14.9. The Morgan fingerprint density at radius 1 is 1.07 bits per heavy atom. The fourth-order valence-corrected chi connectivity index (χ4v) is 4.08. The van der Waals surface area contributed by atoms with Gasteiger partial charge in [0.1, 0.15) is 11.5 Å². The Balaban J connectivity index is 1.56. The monoisotopic (exact) mass is 410 g/mol. The topological polar surface area (TPSA) is 45.2 Å². The third-order valence-corrected chi connectivity index (χ3v) is 5.79. The van der Waals surface area contributed by atoms with Crippen molar-refractivity contribution in [3.05, 3.63) is 65.2 Å². The second kappa shape index (κ2) is 11.2. The molecule has 0 spiro atoms. The lowest BCUT2D eigenvalue weighted by Crippen LogP contribution is -2.52. The number of methoxy groups -OCH3 is 2. The summed E-state index contributed by atoms with van der Waals surface area (Å²) in [5, 5.41) is 9.58. The van der Waals surface area contributed by atoms with Gasteiger partial charge in [-0.1, -0.05) is 36.4 Å². The minimum absolute atomic E-state index is 0.221. The van der Waals surface area contributed by atoms with Crippen LogP contribution in [0.2, 0.25) is 0 Å². The zero-order chi connectivity index (χ0) is 21.3. The number of hydrogen-bond donors (Lipinski definition) is 1. The van der Waals surface area contributed by atoms with Crippen LogP contribution in [0.3, 0.4) is 0 Å². The van der Waals surface area contributed by atoms with Crippen LogP contribution >= 0.6 is 0 Å². The maximum Gasteiger partial charge on any atom is 0.121 e. The third-order valence-electron chi connectivity index (χ3n) is 5.79. The zero-order valence-corrected chi connectivity index (χ0v) is 18.4. The number of benzene rings is 2. The molecule has 0 aliphatic carbocycles. The molecule has 0 bridgehead atoms. The van der Waals surface area contributed by atoms with Gasteiger partial charge in [-0.05, 0) is 48.2 Å². The van der Waals surface area contributed by atoms with E-state index in [1.54, 1.807) is 14.2 Å². The van der Waals surface area contributed by atoms with Gasteiger partial charge in [-0.2, -0.15) is 0 Å². The molecule has 1 saturated heterocycles. The second-order valence-corrected chi connectivity index (χ2v) is 7.88. The minimum Gasteiger partial charge on any atom is -0.497 e. The lowest BCUT2D eigenvalue weighted by molar-refractivity contribution is 0.0596. The van der Waals surface area contributed by atoms with Gasteiger partial charge >= 0.3 is 0 Å². The summed E-state index contributed by atoms with van der Waals surface area (Å²) in [4.78, 5) is 4.97. The third kappa shape index (κ3) is 6.08. The molecule has 1 aliphatic heterocycles. The van der Waals surface area contributed by atoms with Crippen LogP contribution in [0, 0.1) is 6.92 Å². The quantitative estimate of drug-likeness (QED) is 0.684. The summed E-state index contributed by atoms with van der Waals surface area (Å²) in [5.41, 5.74) is 3.64. The van der Waals surface area contributed by atoms with E-state index in [1.165, 1.54) is 11.1 Å². The molecule has 1 N–H and O–H groups in total. The molecule has 0 amide bonds. The predicted molar refractivity (Wildman–Crippen MR) is 122 cm³/mol. The van der Waals surface area contributed by atoms with Crippen molar-refractivity contribution in [3.63, 3.8) is 0 Å². The molecule has 5 nitrogen and oxygen atoms in total. The summed E-state index contributed by atoms with van der Waals surface area (Å²) >= 11 is 0. The van der Waals surface area contributed by atoms with Crippen molar-refractivity contribution in [1.29, 1.82) is 0 Å². The van der Waals surface area contributed by atoms with Crippen LogP contribution < -0.4 is 9.47 Å². The van der Waals surface area contributed by atoms with Gasteiger partial charge in [0.25, 0.3) is 0 Å². The summed E-state index contributed by atoms with van der Waals surface area (Å²) < 4.78 is 10.6. The Morgan fingerprint density at radius 2 is 1.87 bits per heavy atom. The first-order chi connectivity index (χ1) is 14.6. The first-order valence-corrected chi connectivity index (χ1v) is 10.6. The van der Waals surface area contributed by atoms with E-state index < -0.39 is 0 Å². The van der Waals surface area contributed by atoms with Crippen molar-refractivity contribution in [3.8, 4) is 11.5 Å². The van der Waals surface area contributed by atoms with Crippen molar-refractivity contribution < 1.29 is 14.6 Å². The number of aryl methyl sites for hydroxylation is 1. The van der Waals surface area contributed by atoms with E-state index in [0.717, 1.165) is 56.2 Å². The molecule has 1 unspecified atom stereocenters. The smallest absolute Gasteiger partial charge is 0.121 e. The van der Waals surface area contributed by atoms with E-state index in [0.29, 0.717) is 6.04 Å². The largest absolute Gasteiger partial charge is 0.497 e. The number of nitrogens with zero attached hydrogens (tertiary/aromatic N) is 2. The van der Waals surface area contributed by atoms with E-state index >= 15 is 0 Å². The van der Waals surface area contributed by atoms with Gasteiger partial charge in [0.15, 0.2) is 0 Å². The first kappa shape index (κ1) is 22.3. The van der Waals surface area contributed by atoms with Crippen molar-refractivity contribution in [2.75, 3.05) is 47.0 Å². The van der Waals surface area contributed by atoms with Crippen LogP contribution in [0.25, 0.3) is 6.08 Å². The fourth-order valence-electron chi connectivity index (χ4n) is 4.08. The van der Waals surface area contributed by atoms with Gasteiger partial charge in [-0.3, -0.25) is 9.80 Å². The molecular formula is C25H34N2O3. The Labute approximate surface area is 180 Å². The first-order valence-electron chi connectivity index (χ1n) is 10.6. The molecule has 2 aromatic carbocycles. The summed E-state index contributed by atoms with van der Waals surface area (Å²) in [5.74, 6) is 1.81. The number of piperazine rings is 1. The lowest BCUT2D eigenvalue weighted by Gasteiger charge is -2.41. The molecule has 1 fully saturated rings. The van der Waals surface area contributed by atoms with E-state index in [2.05, 4.69) is 53.1 Å². The van der Waals surface area contributed by atoms with Crippen molar-refractivity contribution in [2.45, 2.75) is 25.9 Å². The highest BCUT2D eigenvalue weighted by Gasteiger charge is 2.26. The second-order valence-electron chi connectivity index (χ2n) is 7.88. The fraction of sp³-hybridized carbons (Fsp3) is 0.440. The molecule has 1 heterocycles. The van der Waals surface area contributed by atoms with Crippen molar-refractivity contribution in [1.82, 2.24) is 9.80 Å². The van der Waals surface area contributed by atoms with E-state index in [4.69, 9.17) is 9.47 Å². The van der Waals surface area contributed by atoms with Gasteiger partial charge in [0.05, 0.1) is 14.2 Å². The normalized spacial score (nSPS) is 18.1. The van der Waals surface area contributed by atoms with E-state index in [1.807, 2.05) is 18.2 Å². The molecule has 30 heavy (non-hydrogen) atoms. The molecule has 3 rings (SSSR count). The van der Waals surface area contributed by atoms with Crippen LogP contribution in [0.15, 0.2) is 48.5 Å². The van der Waals surface area contributed by atoms with Gasteiger partial charge < -0.3 is 14.6 Å². The van der Waals surface area contributed by atoms with Crippen LogP contribution in [0.5, 0.6) is 11.5 Å². The van der Waals surface area contributed by atoms with Crippen molar-refractivity contribution in [2.24, 2.45) is 0 Å². The summed E-state index contributed by atoms with van der Waals surface area (Å²) in [6.45, 7) is 7.15. The maximum atomic E-state index is 9.58. The van der Waals surface area contributed by atoms with Gasteiger partial charge in [0, 0.05) is 45.4 Å². The molecule has 0 saturated carbocycles. The van der Waals surface area contributed by atoms with Gasteiger partial charge in [-0.15, -0.1) is 0 Å². The van der Waals surface area contributed by atoms with Crippen LogP contribution in [-0.2, 0) is 6.54 Å². The molecule has 2 aromatic rings. The average Bonchev–Trinajstić information content (AvgIpc) is 2.76. The molecule has 162 valence electrons. The van der Waals surface area contributed by atoms with Gasteiger partial charge in [-0.25, -0.2) is 0 Å². The number of aliphatic hydroxyl groups excluding tert-OH is 1. The number of rotatable bonds is 9. The van der Waals surface area contributed by atoms with E-state index in [9.17, 15) is 5.11 Å². The average molecular weight is 411 g/mol. The number of hydrogen-bond acceptors (Lipinski definition) is 5. The standard InChI is InChI=1S/C25H34N2O3/c1-20-17-22(8-11-25(20)30-3)18-27-15-14-26(19-23(27)12-16-28)13-4-5-21-6-9-24(29-2)10-7-21/h4-11,17,23,28H,12-16,18-19H2,1-3H3. The highest BCUT2D eigenvalue weighted by molar-refractivity contribution is 5.50. The predicted octanol–water partition coefficient (Wildman–Crippen LogP) is 3.59.